The van der Waals surface area contributed by atoms with Crippen LogP contribution >= 0.6 is 11.6 Å². The lowest BCUT2D eigenvalue weighted by Crippen LogP contribution is -2.38. The monoisotopic (exact) mass is 296 g/mol. The zero-order chi connectivity index (χ0) is 14.3. The van der Waals surface area contributed by atoms with Crippen molar-refractivity contribution in [3.05, 3.63) is 34.6 Å². The van der Waals surface area contributed by atoms with Crippen molar-refractivity contribution in [2.75, 3.05) is 13.1 Å². The van der Waals surface area contributed by atoms with E-state index in [1.165, 1.54) is 12.1 Å². The quantitative estimate of drug-likeness (QED) is 0.866. The molecule has 1 saturated carbocycles. The van der Waals surface area contributed by atoms with Crippen molar-refractivity contribution in [2.45, 2.75) is 25.3 Å². The second-order valence-corrected chi connectivity index (χ2v) is 6.26. The van der Waals surface area contributed by atoms with Gasteiger partial charge in [-0.05, 0) is 42.9 Å². The minimum absolute atomic E-state index is 0.0404. The molecule has 1 saturated heterocycles. The van der Waals surface area contributed by atoms with Crippen molar-refractivity contribution in [3.63, 3.8) is 0 Å². The van der Waals surface area contributed by atoms with Crippen LogP contribution in [0.2, 0.25) is 5.02 Å². The highest BCUT2D eigenvalue weighted by Crippen LogP contribution is 2.36. The van der Waals surface area contributed by atoms with Crippen LogP contribution in [0.25, 0.3) is 0 Å². The predicted molar refractivity (Wildman–Crippen MR) is 76.1 cm³/mol. The van der Waals surface area contributed by atoms with E-state index in [0.29, 0.717) is 23.9 Å². The molecule has 2 fully saturated rings. The number of nitrogens with zero attached hydrogens (tertiary/aromatic N) is 1. The number of fused-ring (bicyclic) bond motifs is 1. The van der Waals surface area contributed by atoms with Crippen molar-refractivity contribution in [1.82, 2.24) is 4.90 Å². The smallest absolute Gasteiger partial charge is 0.253 e. The molecule has 0 aromatic heterocycles. The summed E-state index contributed by atoms with van der Waals surface area (Å²) in [5.74, 6) is 0.220. The van der Waals surface area contributed by atoms with Gasteiger partial charge in [-0.15, -0.1) is 0 Å². The average molecular weight is 297 g/mol. The lowest BCUT2D eigenvalue weighted by molar-refractivity contribution is 0.0783. The highest BCUT2D eigenvalue weighted by Gasteiger charge is 2.40. The van der Waals surface area contributed by atoms with Gasteiger partial charge in [-0.2, -0.15) is 0 Å². The molecule has 0 spiro atoms. The lowest BCUT2D eigenvalue weighted by Gasteiger charge is -2.29. The van der Waals surface area contributed by atoms with Crippen LogP contribution in [0.1, 0.15) is 29.6 Å². The molecule has 3 rings (SSSR count). The Morgan fingerprint density at radius 2 is 2.15 bits per heavy atom. The van der Waals surface area contributed by atoms with Gasteiger partial charge in [0.1, 0.15) is 5.82 Å². The zero-order valence-electron chi connectivity index (χ0n) is 11.2. The molecule has 108 valence electrons. The van der Waals surface area contributed by atoms with Crippen LogP contribution in [0.5, 0.6) is 0 Å². The summed E-state index contributed by atoms with van der Waals surface area (Å²) in [5.41, 5.74) is 6.51. The molecule has 3 nitrogen and oxygen atoms in total. The van der Waals surface area contributed by atoms with Gasteiger partial charge in [0.2, 0.25) is 0 Å². The van der Waals surface area contributed by atoms with E-state index in [2.05, 4.69) is 0 Å². The van der Waals surface area contributed by atoms with Gasteiger partial charge >= 0.3 is 0 Å². The van der Waals surface area contributed by atoms with Crippen LogP contribution in [0.15, 0.2) is 18.2 Å². The van der Waals surface area contributed by atoms with Crippen molar-refractivity contribution in [1.29, 1.82) is 0 Å². The predicted octanol–water partition coefficient (Wildman–Crippen LogP) is 2.68. The second-order valence-electron chi connectivity index (χ2n) is 5.86. The van der Waals surface area contributed by atoms with Gasteiger partial charge in [-0.25, -0.2) is 4.39 Å². The van der Waals surface area contributed by atoms with E-state index in [9.17, 15) is 9.18 Å². The van der Waals surface area contributed by atoms with E-state index in [1.807, 2.05) is 4.90 Å². The Morgan fingerprint density at radius 3 is 2.85 bits per heavy atom. The number of halogens is 2. The third-order valence-corrected chi connectivity index (χ3v) is 4.91. The molecular weight excluding hydrogens is 279 g/mol. The summed E-state index contributed by atoms with van der Waals surface area (Å²) < 4.78 is 13.5. The van der Waals surface area contributed by atoms with Crippen molar-refractivity contribution >= 4 is 17.5 Å². The lowest BCUT2D eigenvalue weighted by atomic mass is 9.78. The first-order valence-corrected chi connectivity index (χ1v) is 7.44. The number of rotatable bonds is 1. The molecule has 1 aromatic carbocycles. The molecule has 20 heavy (non-hydrogen) atoms. The summed E-state index contributed by atoms with van der Waals surface area (Å²) in [4.78, 5) is 14.2. The Balaban J connectivity index is 1.76. The molecule has 1 heterocycles. The van der Waals surface area contributed by atoms with E-state index in [0.717, 1.165) is 25.8 Å². The molecule has 3 atom stereocenters. The molecule has 0 radical (unpaired) electrons. The molecule has 1 aliphatic carbocycles. The minimum atomic E-state index is -0.550. The summed E-state index contributed by atoms with van der Waals surface area (Å²) in [6.45, 7) is 1.43. The van der Waals surface area contributed by atoms with E-state index in [1.54, 1.807) is 6.07 Å². The van der Waals surface area contributed by atoms with Gasteiger partial charge in [0.05, 0.1) is 5.02 Å². The fourth-order valence-corrected chi connectivity index (χ4v) is 3.61. The third kappa shape index (κ3) is 2.42. The zero-order valence-corrected chi connectivity index (χ0v) is 11.9. The maximum absolute atomic E-state index is 13.5. The highest BCUT2D eigenvalue weighted by molar-refractivity contribution is 6.30. The topological polar surface area (TPSA) is 46.3 Å². The second kappa shape index (κ2) is 5.34. The first kappa shape index (κ1) is 13.8. The van der Waals surface area contributed by atoms with Crippen LogP contribution in [0, 0.1) is 17.7 Å². The molecule has 1 aliphatic heterocycles. The standard InChI is InChI=1S/C15H18ClFN2O/c16-12-5-4-9(6-13(12)17)15(20)19-7-10-2-1-3-14(18)11(10)8-19/h4-6,10-11,14H,1-3,7-8,18H2. The van der Waals surface area contributed by atoms with E-state index in [4.69, 9.17) is 17.3 Å². The van der Waals surface area contributed by atoms with Crippen molar-refractivity contribution in [2.24, 2.45) is 17.6 Å². The highest BCUT2D eigenvalue weighted by atomic mass is 35.5. The molecule has 2 aliphatic rings. The summed E-state index contributed by atoms with van der Waals surface area (Å²) >= 11 is 5.65. The van der Waals surface area contributed by atoms with Crippen LogP contribution in [-0.2, 0) is 0 Å². The first-order chi connectivity index (χ1) is 9.56. The summed E-state index contributed by atoms with van der Waals surface area (Å²) in [6, 6.07) is 4.41. The number of hydrogen-bond donors (Lipinski definition) is 1. The normalized spacial score (nSPS) is 29.4. The molecule has 3 unspecified atom stereocenters. The van der Waals surface area contributed by atoms with Crippen LogP contribution in [0.4, 0.5) is 4.39 Å². The first-order valence-electron chi connectivity index (χ1n) is 7.06. The maximum atomic E-state index is 13.5. The number of likely N-dealkylation sites (tertiary alicyclic amines) is 1. The Morgan fingerprint density at radius 1 is 1.35 bits per heavy atom. The summed E-state index contributed by atoms with van der Waals surface area (Å²) in [7, 11) is 0. The largest absolute Gasteiger partial charge is 0.338 e. The van der Waals surface area contributed by atoms with Gasteiger partial charge in [-0.3, -0.25) is 4.79 Å². The van der Waals surface area contributed by atoms with E-state index in [-0.39, 0.29) is 17.0 Å². The molecule has 5 heteroatoms. The Hall–Kier alpha value is -1.13. The average Bonchev–Trinajstić information content (AvgIpc) is 2.86. The minimum Gasteiger partial charge on any atom is -0.338 e. The molecule has 2 N–H and O–H groups in total. The van der Waals surface area contributed by atoms with Gasteiger partial charge in [0.15, 0.2) is 0 Å². The Labute approximate surface area is 122 Å². The number of carbonyl (C=O) groups excluding carboxylic acids is 1. The third-order valence-electron chi connectivity index (χ3n) is 4.61. The van der Waals surface area contributed by atoms with Gasteiger partial charge < -0.3 is 10.6 Å². The maximum Gasteiger partial charge on any atom is 0.253 e. The fourth-order valence-electron chi connectivity index (χ4n) is 3.49. The molecule has 1 amide bonds. The number of nitrogens with two attached hydrogens (primary N) is 1. The Kier molecular flexibility index (Phi) is 3.69. The van der Waals surface area contributed by atoms with Gasteiger partial charge in [0, 0.05) is 24.7 Å². The van der Waals surface area contributed by atoms with Crippen molar-refractivity contribution in [3.8, 4) is 0 Å². The molecule has 1 aromatic rings. The van der Waals surface area contributed by atoms with Crippen LogP contribution in [0.3, 0.4) is 0 Å². The number of amides is 1. The van der Waals surface area contributed by atoms with Gasteiger partial charge in [-0.1, -0.05) is 18.0 Å². The van der Waals surface area contributed by atoms with Crippen molar-refractivity contribution < 1.29 is 9.18 Å². The fraction of sp³-hybridized carbons (Fsp3) is 0.533. The van der Waals surface area contributed by atoms with E-state index < -0.39 is 5.82 Å². The molecule has 0 bridgehead atoms. The Bertz CT molecular complexity index is 537. The number of carbonyl (C=O) groups is 1. The summed E-state index contributed by atoms with van der Waals surface area (Å²) in [5, 5.41) is 0.0404. The summed E-state index contributed by atoms with van der Waals surface area (Å²) in [6.07, 6.45) is 3.32. The van der Waals surface area contributed by atoms with Crippen LogP contribution in [-0.4, -0.2) is 29.9 Å². The van der Waals surface area contributed by atoms with Crippen LogP contribution < -0.4 is 5.73 Å². The van der Waals surface area contributed by atoms with E-state index >= 15 is 0 Å². The molecular formula is C15H18ClFN2O. The van der Waals surface area contributed by atoms with Gasteiger partial charge in [0.25, 0.3) is 5.91 Å². The SMILES string of the molecule is NC1CCCC2CN(C(=O)c3ccc(Cl)c(F)c3)CC12. The number of hydrogen-bond acceptors (Lipinski definition) is 2. The number of benzene rings is 1.